The standard InChI is InChI=1S/C18H18F3N3O2/c1-11(23-15-5-3-4-12(10-15)17(26)22-2)16(25)24-14-8-6-13(7-9-14)18(19,20)21/h3-11,23H,1-2H3,(H,22,26)(H,24,25)/t11-/m1/s1. The van der Waals surface area contributed by atoms with Crippen LogP contribution in [0.25, 0.3) is 0 Å². The minimum Gasteiger partial charge on any atom is -0.374 e. The first-order chi connectivity index (χ1) is 12.2. The maximum atomic E-state index is 12.5. The third-order valence-corrected chi connectivity index (χ3v) is 3.61. The Balaban J connectivity index is 2.00. The molecule has 2 aromatic rings. The van der Waals surface area contributed by atoms with Crippen LogP contribution in [0.3, 0.4) is 0 Å². The van der Waals surface area contributed by atoms with Gasteiger partial charge in [0.2, 0.25) is 5.91 Å². The van der Waals surface area contributed by atoms with E-state index in [0.717, 1.165) is 12.1 Å². The van der Waals surface area contributed by atoms with Gasteiger partial charge in [0, 0.05) is 24.0 Å². The van der Waals surface area contributed by atoms with Crippen molar-refractivity contribution < 1.29 is 22.8 Å². The van der Waals surface area contributed by atoms with Crippen molar-refractivity contribution in [1.29, 1.82) is 0 Å². The number of alkyl halides is 3. The Morgan fingerprint density at radius 1 is 1.00 bits per heavy atom. The fourth-order valence-electron chi connectivity index (χ4n) is 2.20. The second kappa shape index (κ2) is 7.90. The lowest BCUT2D eigenvalue weighted by molar-refractivity contribution is -0.137. The molecule has 26 heavy (non-hydrogen) atoms. The molecule has 8 heteroatoms. The van der Waals surface area contributed by atoms with Gasteiger partial charge in [0.05, 0.1) is 5.56 Å². The summed E-state index contributed by atoms with van der Waals surface area (Å²) in [5.41, 5.74) is 0.484. The highest BCUT2D eigenvalue weighted by atomic mass is 19.4. The highest BCUT2D eigenvalue weighted by molar-refractivity contribution is 5.97. The molecule has 2 amide bonds. The van der Waals surface area contributed by atoms with Crippen LogP contribution in [0.2, 0.25) is 0 Å². The van der Waals surface area contributed by atoms with E-state index >= 15 is 0 Å². The molecule has 0 heterocycles. The molecule has 1 atom stereocenters. The Bertz CT molecular complexity index is 789. The fourth-order valence-corrected chi connectivity index (χ4v) is 2.20. The normalized spacial score (nSPS) is 12.2. The van der Waals surface area contributed by atoms with E-state index in [1.807, 2.05) is 0 Å². The van der Waals surface area contributed by atoms with E-state index in [1.165, 1.54) is 19.2 Å². The molecule has 138 valence electrons. The minimum atomic E-state index is -4.42. The lowest BCUT2D eigenvalue weighted by Gasteiger charge is -2.16. The van der Waals surface area contributed by atoms with E-state index in [0.29, 0.717) is 11.3 Å². The predicted octanol–water partition coefficient (Wildman–Crippen LogP) is 3.50. The Kier molecular flexibility index (Phi) is 5.86. The Labute approximate surface area is 148 Å². The molecule has 0 saturated heterocycles. The van der Waals surface area contributed by atoms with Crippen LogP contribution in [-0.2, 0) is 11.0 Å². The van der Waals surface area contributed by atoms with Crippen molar-refractivity contribution in [3.05, 3.63) is 59.7 Å². The summed E-state index contributed by atoms with van der Waals surface area (Å²) in [5, 5.41) is 7.99. The molecule has 5 nitrogen and oxygen atoms in total. The number of nitrogens with one attached hydrogen (secondary N) is 3. The molecule has 0 unspecified atom stereocenters. The van der Waals surface area contributed by atoms with Crippen molar-refractivity contribution in [3.63, 3.8) is 0 Å². The number of rotatable bonds is 5. The summed E-state index contributed by atoms with van der Waals surface area (Å²) in [6.45, 7) is 1.60. The summed E-state index contributed by atoms with van der Waals surface area (Å²) >= 11 is 0. The molecule has 0 saturated carbocycles. The van der Waals surface area contributed by atoms with Gasteiger partial charge in [-0.3, -0.25) is 9.59 Å². The van der Waals surface area contributed by atoms with Gasteiger partial charge in [-0.1, -0.05) is 6.07 Å². The molecule has 0 spiro atoms. The number of anilines is 2. The van der Waals surface area contributed by atoms with Crippen LogP contribution < -0.4 is 16.0 Å². The van der Waals surface area contributed by atoms with Crippen molar-refractivity contribution in [2.75, 3.05) is 17.7 Å². The van der Waals surface area contributed by atoms with Gasteiger partial charge in [0.15, 0.2) is 0 Å². The maximum Gasteiger partial charge on any atom is 0.416 e. The van der Waals surface area contributed by atoms with Crippen LogP contribution in [0.5, 0.6) is 0 Å². The lowest BCUT2D eigenvalue weighted by atomic mass is 10.1. The van der Waals surface area contributed by atoms with Crippen molar-refractivity contribution >= 4 is 23.2 Å². The molecule has 0 fully saturated rings. The zero-order valence-corrected chi connectivity index (χ0v) is 14.1. The second-order valence-electron chi connectivity index (χ2n) is 5.59. The molecule has 0 bridgehead atoms. The van der Waals surface area contributed by atoms with Crippen LogP contribution in [0, 0.1) is 0 Å². The number of hydrogen-bond donors (Lipinski definition) is 3. The van der Waals surface area contributed by atoms with Crippen LogP contribution in [-0.4, -0.2) is 24.9 Å². The number of carbonyl (C=O) groups is 2. The predicted molar refractivity (Wildman–Crippen MR) is 93.0 cm³/mol. The van der Waals surface area contributed by atoms with Crippen molar-refractivity contribution in [2.24, 2.45) is 0 Å². The molecule has 2 aromatic carbocycles. The van der Waals surface area contributed by atoms with Crippen molar-refractivity contribution in [1.82, 2.24) is 5.32 Å². The second-order valence-corrected chi connectivity index (χ2v) is 5.59. The summed E-state index contributed by atoms with van der Waals surface area (Å²) in [5.74, 6) is -0.675. The SMILES string of the molecule is CNC(=O)c1cccc(N[C@H](C)C(=O)Nc2ccc(C(F)(F)F)cc2)c1. The molecule has 2 rings (SSSR count). The number of hydrogen-bond acceptors (Lipinski definition) is 3. The number of benzene rings is 2. The van der Waals surface area contributed by atoms with Gasteiger partial charge >= 0.3 is 6.18 Å². The van der Waals surface area contributed by atoms with E-state index in [9.17, 15) is 22.8 Å². The lowest BCUT2D eigenvalue weighted by Crippen LogP contribution is -2.32. The van der Waals surface area contributed by atoms with E-state index in [1.54, 1.807) is 31.2 Å². The molecular formula is C18H18F3N3O2. The first kappa shape index (κ1) is 19.3. The van der Waals surface area contributed by atoms with Gasteiger partial charge in [0.1, 0.15) is 6.04 Å². The average molecular weight is 365 g/mol. The molecule has 3 N–H and O–H groups in total. The molecule has 0 aliphatic heterocycles. The molecule has 0 radical (unpaired) electrons. The minimum absolute atomic E-state index is 0.254. The summed E-state index contributed by atoms with van der Waals surface area (Å²) in [7, 11) is 1.52. The smallest absolute Gasteiger partial charge is 0.374 e. The van der Waals surface area contributed by atoms with Gasteiger partial charge in [-0.05, 0) is 49.4 Å². The fraction of sp³-hybridized carbons (Fsp3) is 0.222. The quantitative estimate of drug-likeness (QED) is 0.760. The first-order valence-corrected chi connectivity index (χ1v) is 7.77. The molecular weight excluding hydrogens is 347 g/mol. The monoisotopic (exact) mass is 365 g/mol. The highest BCUT2D eigenvalue weighted by Gasteiger charge is 2.30. The van der Waals surface area contributed by atoms with Crippen LogP contribution >= 0.6 is 0 Å². The van der Waals surface area contributed by atoms with E-state index < -0.39 is 23.7 Å². The molecule has 0 aliphatic carbocycles. The number of halogens is 3. The van der Waals surface area contributed by atoms with Crippen LogP contribution in [0.15, 0.2) is 48.5 Å². The zero-order chi connectivity index (χ0) is 19.3. The van der Waals surface area contributed by atoms with E-state index in [-0.39, 0.29) is 11.6 Å². The average Bonchev–Trinajstić information content (AvgIpc) is 2.60. The third kappa shape index (κ3) is 4.98. The third-order valence-electron chi connectivity index (χ3n) is 3.61. The van der Waals surface area contributed by atoms with E-state index in [4.69, 9.17) is 0 Å². The highest BCUT2D eigenvalue weighted by Crippen LogP contribution is 2.29. The van der Waals surface area contributed by atoms with Gasteiger partial charge in [-0.15, -0.1) is 0 Å². The van der Waals surface area contributed by atoms with E-state index in [2.05, 4.69) is 16.0 Å². The summed E-state index contributed by atoms with van der Waals surface area (Å²) in [4.78, 5) is 23.8. The van der Waals surface area contributed by atoms with Crippen molar-refractivity contribution in [3.8, 4) is 0 Å². The maximum absolute atomic E-state index is 12.5. The zero-order valence-electron chi connectivity index (χ0n) is 14.1. The molecule has 0 aliphatic rings. The topological polar surface area (TPSA) is 70.2 Å². The van der Waals surface area contributed by atoms with Gasteiger partial charge < -0.3 is 16.0 Å². The van der Waals surface area contributed by atoms with Crippen LogP contribution in [0.4, 0.5) is 24.5 Å². The summed E-state index contributed by atoms with van der Waals surface area (Å²) in [6.07, 6.45) is -4.42. The van der Waals surface area contributed by atoms with Gasteiger partial charge in [0.25, 0.3) is 5.91 Å². The largest absolute Gasteiger partial charge is 0.416 e. The van der Waals surface area contributed by atoms with Gasteiger partial charge in [-0.25, -0.2) is 0 Å². The Morgan fingerprint density at radius 2 is 1.65 bits per heavy atom. The number of amides is 2. The van der Waals surface area contributed by atoms with Crippen molar-refractivity contribution in [2.45, 2.75) is 19.1 Å². The summed E-state index contributed by atoms with van der Waals surface area (Å²) in [6, 6.07) is 10.1. The summed E-state index contributed by atoms with van der Waals surface area (Å²) < 4.78 is 37.6. The van der Waals surface area contributed by atoms with Gasteiger partial charge in [-0.2, -0.15) is 13.2 Å². The Hall–Kier alpha value is -3.03. The van der Waals surface area contributed by atoms with Crippen LogP contribution in [0.1, 0.15) is 22.8 Å². The first-order valence-electron chi connectivity index (χ1n) is 7.77. The number of carbonyl (C=O) groups excluding carboxylic acids is 2. The Morgan fingerprint density at radius 3 is 2.23 bits per heavy atom. The molecule has 0 aromatic heterocycles.